The number of hydrogen-bond acceptors (Lipinski definition) is 5. The highest BCUT2D eigenvalue weighted by Gasteiger charge is 2.40. The van der Waals surface area contributed by atoms with Gasteiger partial charge in [-0.15, -0.1) is 0 Å². The van der Waals surface area contributed by atoms with Crippen molar-refractivity contribution >= 4 is 17.9 Å². The Morgan fingerprint density at radius 1 is 0.750 bits per heavy atom. The van der Waals surface area contributed by atoms with Gasteiger partial charge in [0, 0.05) is 12.8 Å². The lowest BCUT2D eigenvalue weighted by molar-refractivity contribution is -0.184. The number of unbranched alkanes of at least 4 members (excludes halogenated alkanes) is 8. The molecule has 0 amide bonds. The minimum Gasteiger partial charge on any atom is -0.481 e. The first kappa shape index (κ1) is 26.4. The molecule has 0 saturated carbocycles. The van der Waals surface area contributed by atoms with E-state index in [4.69, 9.17) is 14.6 Å². The number of carboxylic acid groups (broad SMARTS) is 1. The van der Waals surface area contributed by atoms with Crippen molar-refractivity contribution in [2.45, 2.75) is 116 Å². The van der Waals surface area contributed by atoms with Gasteiger partial charge in [0.05, 0.1) is 6.61 Å². The standard InChI is InChI=1S/C22H40O6/c1-4-7-8-15-18-27-21(26)22(5-2,6-3)28-20(25)17-14-12-10-9-11-13-16-19(23)24/h4-18H2,1-3H3,(H,23,24). The molecule has 0 aromatic carbocycles. The fraction of sp³-hybridized carbons (Fsp3) is 0.864. The maximum Gasteiger partial charge on any atom is 0.350 e. The lowest BCUT2D eigenvalue weighted by atomic mass is 9.97. The number of rotatable bonds is 18. The van der Waals surface area contributed by atoms with E-state index in [2.05, 4.69) is 6.92 Å². The number of aliphatic carboxylic acids is 1. The van der Waals surface area contributed by atoms with Crippen LogP contribution in [0.5, 0.6) is 0 Å². The van der Waals surface area contributed by atoms with Crippen molar-refractivity contribution in [2.24, 2.45) is 0 Å². The van der Waals surface area contributed by atoms with Gasteiger partial charge in [-0.05, 0) is 32.1 Å². The van der Waals surface area contributed by atoms with Gasteiger partial charge in [-0.25, -0.2) is 4.79 Å². The number of carbonyl (C=O) groups is 3. The number of carboxylic acids is 1. The average molecular weight is 401 g/mol. The Morgan fingerprint density at radius 3 is 1.82 bits per heavy atom. The summed E-state index contributed by atoms with van der Waals surface area (Å²) in [7, 11) is 0. The Balaban J connectivity index is 4.13. The van der Waals surface area contributed by atoms with Crippen LogP contribution in [0, 0.1) is 0 Å². The highest BCUT2D eigenvalue weighted by Crippen LogP contribution is 2.24. The van der Waals surface area contributed by atoms with Gasteiger partial charge in [-0.3, -0.25) is 9.59 Å². The Labute approximate surface area is 170 Å². The number of esters is 2. The summed E-state index contributed by atoms with van der Waals surface area (Å²) in [4.78, 5) is 35.1. The highest BCUT2D eigenvalue weighted by atomic mass is 16.6. The second-order valence-electron chi connectivity index (χ2n) is 7.39. The largest absolute Gasteiger partial charge is 0.481 e. The fourth-order valence-electron chi connectivity index (χ4n) is 3.07. The maximum atomic E-state index is 12.5. The summed E-state index contributed by atoms with van der Waals surface area (Å²) in [5, 5.41) is 8.59. The van der Waals surface area contributed by atoms with E-state index in [1.54, 1.807) is 0 Å². The second-order valence-corrected chi connectivity index (χ2v) is 7.39. The second kappa shape index (κ2) is 16.4. The predicted octanol–water partition coefficient (Wildman–Crippen LogP) is 5.42. The minimum atomic E-state index is -1.17. The summed E-state index contributed by atoms with van der Waals surface area (Å²) >= 11 is 0. The van der Waals surface area contributed by atoms with E-state index in [9.17, 15) is 14.4 Å². The monoisotopic (exact) mass is 400 g/mol. The number of carbonyl (C=O) groups excluding carboxylic acids is 2. The van der Waals surface area contributed by atoms with Crippen LogP contribution >= 0.6 is 0 Å². The zero-order chi connectivity index (χ0) is 21.3. The van der Waals surface area contributed by atoms with E-state index in [0.29, 0.717) is 38.7 Å². The molecule has 0 heterocycles. The molecular weight excluding hydrogens is 360 g/mol. The van der Waals surface area contributed by atoms with Gasteiger partial charge in [0.1, 0.15) is 0 Å². The number of ether oxygens (including phenoxy) is 2. The molecule has 0 aromatic rings. The van der Waals surface area contributed by atoms with Gasteiger partial charge < -0.3 is 14.6 Å². The molecule has 0 bridgehead atoms. The fourth-order valence-corrected chi connectivity index (χ4v) is 3.07. The molecule has 0 unspecified atom stereocenters. The Kier molecular flexibility index (Phi) is 15.4. The summed E-state index contributed by atoms with van der Waals surface area (Å²) in [6, 6.07) is 0. The van der Waals surface area contributed by atoms with E-state index in [1.165, 1.54) is 0 Å². The van der Waals surface area contributed by atoms with Crippen molar-refractivity contribution in [3.05, 3.63) is 0 Å². The van der Waals surface area contributed by atoms with Crippen molar-refractivity contribution in [1.82, 2.24) is 0 Å². The van der Waals surface area contributed by atoms with Crippen LogP contribution in [0.3, 0.4) is 0 Å². The minimum absolute atomic E-state index is 0.219. The van der Waals surface area contributed by atoms with Gasteiger partial charge in [0.25, 0.3) is 0 Å². The third-order valence-electron chi connectivity index (χ3n) is 5.08. The molecular formula is C22H40O6. The van der Waals surface area contributed by atoms with Crippen LogP contribution < -0.4 is 0 Å². The molecule has 0 aliphatic rings. The van der Waals surface area contributed by atoms with Crippen LogP contribution in [-0.2, 0) is 23.9 Å². The van der Waals surface area contributed by atoms with E-state index in [0.717, 1.165) is 51.4 Å². The Hall–Kier alpha value is -1.59. The highest BCUT2D eigenvalue weighted by molar-refractivity contribution is 5.83. The molecule has 0 fully saturated rings. The summed E-state index contributed by atoms with van der Waals surface area (Å²) < 4.78 is 10.9. The van der Waals surface area contributed by atoms with E-state index >= 15 is 0 Å². The van der Waals surface area contributed by atoms with E-state index < -0.39 is 17.5 Å². The third-order valence-corrected chi connectivity index (χ3v) is 5.08. The molecule has 0 aromatic heterocycles. The van der Waals surface area contributed by atoms with E-state index in [1.807, 2.05) is 13.8 Å². The summed E-state index contributed by atoms with van der Waals surface area (Å²) in [5.74, 6) is -1.53. The zero-order valence-corrected chi connectivity index (χ0v) is 18.1. The smallest absolute Gasteiger partial charge is 0.350 e. The van der Waals surface area contributed by atoms with Crippen LogP contribution in [0.2, 0.25) is 0 Å². The molecule has 6 nitrogen and oxygen atoms in total. The quantitative estimate of drug-likeness (QED) is 0.244. The first-order chi connectivity index (χ1) is 13.4. The molecule has 0 atom stereocenters. The summed E-state index contributed by atoms with van der Waals surface area (Å²) in [5.41, 5.74) is -1.17. The predicted molar refractivity (Wildman–Crippen MR) is 109 cm³/mol. The SMILES string of the molecule is CCCCCCOC(=O)C(CC)(CC)OC(=O)CCCCCCCCC(=O)O. The Bertz CT molecular complexity index is 442. The molecule has 0 rings (SSSR count). The normalized spacial score (nSPS) is 11.2. The van der Waals surface area contributed by atoms with Crippen LogP contribution in [0.4, 0.5) is 0 Å². The number of hydrogen-bond donors (Lipinski definition) is 1. The molecule has 0 radical (unpaired) electrons. The van der Waals surface area contributed by atoms with Crippen molar-refractivity contribution in [1.29, 1.82) is 0 Å². The van der Waals surface area contributed by atoms with Gasteiger partial charge in [0.15, 0.2) is 0 Å². The molecule has 1 N–H and O–H groups in total. The summed E-state index contributed by atoms with van der Waals surface area (Å²) in [6.45, 7) is 6.18. The van der Waals surface area contributed by atoms with Crippen molar-refractivity contribution in [3.63, 3.8) is 0 Å². The maximum absolute atomic E-state index is 12.5. The molecule has 0 spiro atoms. The first-order valence-electron chi connectivity index (χ1n) is 11.0. The zero-order valence-electron chi connectivity index (χ0n) is 18.1. The van der Waals surface area contributed by atoms with Crippen molar-refractivity contribution in [3.8, 4) is 0 Å². The first-order valence-corrected chi connectivity index (χ1v) is 11.0. The van der Waals surface area contributed by atoms with Gasteiger partial charge in [0.2, 0.25) is 5.60 Å². The molecule has 0 aliphatic carbocycles. The molecule has 6 heteroatoms. The molecule has 0 saturated heterocycles. The molecule has 164 valence electrons. The average Bonchev–Trinajstić information content (AvgIpc) is 2.67. The van der Waals surface area contributed by atoms with Gasteiger partial charge in [-0.2, -0.15) is 0 Å². The lowest BCUT2D eigenvalue weighted by Crippen LogP contribution is -2.43. The van der Waals surface area contributed by atoms with Crippen LogP contribution in [0.1, 0.15) is 111 Å². The van der Waals surface area contributed by atoms with Crippen molar-refractivity contribution < 1.29 is 29.0 Å². The van der Waals surface area contributed by atoms with Gasteiger partial charge >= 0.3 is 17.9 Å². The van der Waals surface area contributed by atoms with Crippen LogP contribution in [0.25, 0.3) is 0 Å². The third kappa shape index (κ3) is 12.0. The summed E-state index contributed by atoms with van der Waals surface area (Å²) in [6.07, 6.45) is 10.6. The van der Waals surface area contributed by atoms with Crippen LogP contribution in [-0.4, -0.2) is 35.2 Å². The molecule has 28 heavy (non-hydrogen) atoms. The molecule has 0 aliphatic heterocycles. The Morgan fingerprint density at radius 2 is 1.29 bits per heavy atom. The van der Waals surface area contributed by atoms with Crippen molar-refractivity contribution in [2.75, 3.05) is 6.61 Å². The van der Waals surface area contributed by atoms with E-state index in [-0.39, 0.29) is 12.4 Å². The van der Waals surface area contributed by atoms with Crippen LogP contribution in [0.15, 0.2) is 0 Å². The lowest BCUT2D eigenvalue weighted by Gasteiger charge is -2.29. The topological polar surface area (TPSA) is 89.9 Å². The van der Waals surface area contributed by atoms with Gasteiger partial charge in [-0.1, -0.05) is 65.7 Å².